The van der Waals surface area contributed by atoms with Crippen LogP contribution in [0.3, 0.4) is 0 Å². The van der Waals surface area contributed by atoms with Crippen LogP contribution in [0, 0.1) is 0 Å². The number of carbonyl (C=O) groups excluding carboxylic acids is 1. The van der Waals surface area contributed by atoms with Crippen molar-refractivity contribution in [2.24, 2.45) is 0 Å². The zero-order valence-corrected chi connectivity index (χ0v) is 31.3. The molecule has 12 nitrogen and oxygen atoms in total. The van der Waals surface area contributed by atoms with Crippen molar-refractivity contribution in [2.45, 2.75) is 114 Å². The molecule has 53 heavy (non-hydrogen) atoms. The number of methoxy groups -OCH3 is 2. The minimum Gasteiger partial charge on any atom is -0.467 e. The third-order valence-corrected chi connectivity index (χ3v) is 9.41. The number of esters is 1. The molecule has 0 unspecified atom stereocenters. The molecule has 3 fully saturated rings. The van der Waals surface area contributed by atoms with Gasteiger partial charge in [0, 0.05) is 7.11 Å². The summed E-state index contributed by atoms with van der Waals surface area (Å²) in [5.74, 6) is -2.50. The van der Waals surface area contributed by atoms with E-state index >= 15 is 0 Å². The molecule has 3 aromatic rings. The minimum absolute atomic E-state index is 0.115. The molecule has 0 amide bonds. The largest absolute Gasteiger partial charge is 0.467 e. The van der Waals surface area contributed by atoms with Crippen molar-refractivity contribution in [2.75, 3.05) is 27.4 Å². The lowest BCUT2D eigenvalue weighted by Gasteiger charge is -2.45. The Labute approximate surface area is 311 Å². The molecule has 3 aliphatic heterocycles. The maximum Gasteiger partial charge on any atom is 0.337 e. The second-order valence-corrected chi connectivity index (χ2v) is 14.3. The topological polar surface area (TPSA) is 119 Å². The first-order chi connectivity index (χ1) is 25.6. The smallest absolute Gasteiger partial charge is 0.337 e. The molecule has 0 bridgehead atoms. The fourth-order valence-corrected chi connectivity index (χ4v) is 6.90. The van der Waals surface area contributed by atoms with Crippen LogP contribution in [0.25, 0.3) is 0 Å². The first-order valence-electron chi connectivity index (χ1n) is 18.1. The van der Waals surface area contributed by atoms with Gasteiger partial charge in [-0.15, -0.1) is 0 Å². The highest BCUT2D eigenvalue weighted by atomic mass is 16.8. The zero-order chi connectivity index (χ0) is 37.4. The molecule has 0 saturated carbocycles. The third-order valence-electron chi connectivity index (χ3n) is 9.41. The summed E-state index contributed by atoms with van der Waals surface area (Å²) < 4.78 is 68.8. The number of rotatable bonds is 16. The molecule has 3 aromatic carbocycles. The van der Waals surface area contributed by atoms with Crippen molar-refractivity contribution >= 4 is 5.97 Å². The van der Waals surface area contributed by atoms with Crippen LogP contribution >= 0.6 is 0 Å². The van der Waals surface area contributed by atoms with Crippen molar-refractivity contribution in [3.63, 3.8) is 0 Å². The molecule has 6 rings (SSSR count). The summed E-state index contributed by atoms with van der Waals surface area (Å²) in [4.78, 5) is 13.5. The Kier molecular flexibility index (Phi) is 13.3. The quantitative estimate of drug-likeness (QED) is 0.177. The van der Waals surface area contributed by atoms with E-state index in [1.165, 1.54) is 7.11 Å². The van der Waals surface area contributed by atoms with Crippen molar-refractivity contribution in [1.82, 2.24) is 0 Å². The van der Waals surface area contributed by atoms with Crippen molar-refractivity contribution < 1.29 is 56.9 Å². The van der Waals surface area contributed by atoms with Gasteiger partial charge >= 0.3 is 5.97 Å². The van der Waals surface area contributed by atoms with Crippen molar-refractivity contribution in [3.05, 3.63) is 108 Å². The average molecular weight is 737 g/mol. The average Bonchev–Trinajstić information content (AvgIpc) is 3.70. The van der Waals surface area contributed by atoms with Gasteiger partial charge in [0.25, 0.3) is 0 Å². The summed E-state index contributed by atoms with van der Waals surface area (Å²) in [7, 11) is 2.86. The fourth-order valence-electron chi connectivity index (χ4n) is 6.90. The van der Waals surface area contributed by atoms with E-state index in [1.54, 1.807) is 21.0 Å². The van der Waals surface area contributed by atoms with E-state index in [4.69, 9.17) is 52.1 Å². The van der Waals surface area contributed by atoms with Crippen molar-refractivity contribution in [1.29, 1.82) is 0 Å². The Morgan fingerprint density at radius 2 is 1.23 bits per heavy atom. The summed E-state index contributed by atoms with van der Waals surface area (Å²) in [6.07, 6.45) is -7.09. The lowest BCUT2D eigenvalue weighted by atomic mass is 9.97. The highest BCUT2D eigenvalue weighted by molar-refractivity contribution is 5.75. The molecule has 3 heterocycles. The van der Waals surface area contributed by atoms with Gasteiger partial charge in [-0.1, -0.05) is 91.0 Å². The van der Waals surface area contributed by atoms with E-state index in [0.717, 1.165) is 16.7 Å². The van der Waals surface area contributed by atoms with E-state index in [-0.39, 0.29) is 33.0 Å². The molecule has 0 aliphatic carbocycles. The van der Waals surface area contributed by atoms with Gasteiger partial charge in [0.15, 0.2) is 24.0 Å². The van der Waals surface area contributed by atoms with Crippen LogP contribution in [0.1, 0.15) is 44.4 Å². The number of carbonyl (C=O) groups is 1. The number of ether oxygens (including phenoxy) is 11. The highest BCUT2D eigenvalue weighted by Gasteiger charge is 2.55. The third kappa shape index (κ3) is 10.3. The molecule has 0 radical (unpaired) electrons. The second kappa shape index (κ2) is 17.9. The Balaban J connectivity index is 1.29. The van der Waals surface area contributed by atoms with Gasteiger partial charge in [0.2, 0.25) is 0 Å². The van der Waals surface area contributed by atoms with Gasteiger partial charge in [-0.25, -0.2) is 4.79 Å². The maximum atomic E-state index is 13.5. The molecule has 288 valence electrons. The molecule has 3 saturated heterocycles. The van der Waals surface area contributed by atoms with Crippen LogP contribution in [0.4, 0.5) is 0 Å². The van der Waals surface area contributed by atoms with E-state index in [9.17, 15) is 4.79 Å². The molecule has 9 atom stereocenters. The van der Waals surface area contributed by atoms with E-state index < -0.39 is 72.7 Å². The number of benzene rings is 3. The lowest BCUT2D eigenvalue weighted by molar-refractivity contribution is -0.324. The van der Waals surface area contributed by atoms with Crippen LogP contribution in [0.15, 0.2) is 91.0 Å². The summed E-state index contributed by atoms with van der Waals surface area (Å²) in [5, 5.41) is 0. The molecule has 12 heteroatoms. The monoisotopic (exact) mass is 736 g/mol. The van der Waals surface area contributed by atoms with Crippen LogP contribution < -0.4 is 0 Å². The second-order valence-electron chi connectivity index (χ2n) is 14.3. The van der Waals surface area contributed by atoms with Gasteiger partial charge in [0.1, 0.15) is 42.7 Å². The minimum atomic E-state index is -1.21. The van der Waals surface area contributed by atoms with Crippen LogP contribution in [-0.2, 0) is 76.7 Å². The summed E-state index contributed by atoms with van der Waals surface area (Å²) in [5.41, 5.74) is 2.91. The van der Waals surface area contributed by atoms with E-state index in [2.05, 4.69) is 0 Å². The van der Waals surface area contributed by atoms with Crippen molar-refractivity contribution in [3.8, 4) is 0 Å². The molecule has 3 aliphatic rings. The molecular formula is C41H52O12. The summed E-state index contributed by atoms with van der Waals surface area (Å²) >= 11 is 0. The highest BCUT2D eigenvalue weighted by Crippen LogP contribution is 2.38. The lowest BCUT2D eigenvalue weighted by Crippen LogP contribution is -2.62. The molecule has 0 N–H and O–H groups in total. The maximum absolute atomic E-state index is 13.5. The van der Waals surface area contributed by atoms with Crippen LogP contribution in [-0.4, -0.2) is 100 Å². The molecule has 0 aromatic heterocycles. The predicted octanol–water partition coefficient (Wildman–Crippen LogP) is 5.34. The van der Waals surface area contributed by atoms with Crippen LogP contribution in [0.5, 0.6) is 0 Å². The summed E-state index contributed by atoms with van der Waals surface area (Å²) in [6, 6.07) is 29.6. The first kappa shape index (κ1) is 39.4. The summed E-state index contributed by atoms with van der Waals surface area (Å²) in [6.45, 7) is 8.17. The van der Waals surface area contributed by atoms with Crippen LogP contribution in [0.2, 0.25) is 0 Å². The van der Waals surface area contributed by atoms with Gasteiger partial charge in [-0.3, -0.25) is 0 Å². The molecular weight excluding hydrogens is 684 g/mol. The van der Waals surface area contributed by atoms with Gasteiger partial charge < -0.3 is 52.1 Å². The Morgan fingerprint density at radius 3 is 1.72 bits per heavy atom. The molecule has 0 spiro atoms. The normalized spacial score (nSPS) is 29.8. The number of hydrogen-bond acceptors (Lipinski definition) is 12. The Hall–Kier alpha value is -3.27. The predicted molar refractivity (Wildman–Crippen MR) is 191 cm³/mol. The first-order valence-corrected chi connectivity index (χ1v) is 18.1. The van der Waals surface area contributed by atoms with Gasteiger partial charge in [-0.05, 0) is 44.4 Å². The Bertz CT molecular complexity index is 1550. The fraction of sp³-hybridized carbons (Fsp3) is 0.537. The Morgan fingerprint density at radius 1 is 0.698 bits per heavy atom. The zero-order valence-electron chi connectivity index (χ0n) is 31.3. The number of hydrogen-bond donors (Lipinski definition) is 0. The standard InChI is InChI=1S/C41H52O12/c1-40(2)49-26-31(51-40)33-35(53-41(3,4)52-33)36(38(42)43-5)48-25-30-32(45-22-27-16-10-7-11-17-27)34(46-23-28-18-12-8-13-19-28)37(39(44-6)50-30)47-24-29-20-14-9-15-21-29/h7-21,30-37,39H,22-26H2,1-6H3/t30-,31-,32-,33-,34+,35+,36-,37-,39+/m1/s1. The van der Waals surface area contributed by atoms with Gasteiger partial charge in [-0.2, -0.15) is 0 Å². The SMILES string of the molecule is COC(=O)[C@H](OC[C@H]1O[C@H](OC)[C@H](OCc2ccccc2)[C@@H](OCc2ccccc2)[C@@H]1OCc1ccccc1)[C@H]1OC(C)(C)O[C@@H]1[C@H]1COC(C)(C)O1. The van der Waals surface area contributed by atoms with E-state index in [0.29, 0.717) is 0 Å². The van der Waals surface area contributed by atoms with E-state index in [1.807, 2.05) is 105 Å². The van der Waals surface area contributed by atoms with Gasteiger partial charge in [0.05, 0.1) is 40.1 Å².